The molecule has 4 rings (SSSR count). The topological polar surface area (TPSA) is 141 Å². The minimum absolute atomic E-state index is 0.0612. The number of ether oxygens (including phenoxy) is 1. The fraction of sp³-hybridized carbons (Fsp3) is 0.393. The molecule has 0 radical (unpaired) electrons. The maximum absolute atomic E-state index is 13.2. The second-order valence-electron chi connectivity index (χ2n) is 10.7. The molecule has 1 aromatic heterocycles. The standard InChI is InChI=1S/C28H31ClN2O8/c1-28(2,3)39-27(37)31(14-23(35)36)18-13-30(4)10-9-16(18)24-19(32)11-20(33)25-21(34)12-22(38-26(24)25)15-7-5-6-8-17(15)29/h5-8,11-12,16,18,32-33H,9-10,13-14H2,1-4H3,(H,35,36). The predicted molar refractivity (Wildman–Crippen MR) is 145 cm³/mol. The smallest absolute Gasteiger partial charge is 0.411 e. The van der Waals surface area contributed by atoms with Gasteiger partial charge in [0.15, 0.2) is 5.43 Å². The second-order valence-corrected chi connectivity index (χ2v) is 11.1. The van der Waals surface area contributed by atoms with E-state index in [1.165, 1.54) is 6.07 Å². The summed E-state index contributed by atoms with van der Waals surface area (Å²) in [6, 6.07) is 8.27. The molecule has 1 amide bonds. The van der Waals surface area contributed by atoms with Crippen molar-refractivity contribution in [3.63, 3.8) is 0 Å². The van der Waals surface area contributed by atoms with Crippen LogP contribution >= 0.6 is 11.6 Å². The summed E-state index contributed by atoms with van der Waals surface area (Å²) in [5.74, 6) is -2.59. The summed E-state index contributed by atoms with van der Waals surface area (Å²) in [6.45, 7) is 5.20. The number of likely N-dealkylation sites (N-methyl/N-ethyl adjacent to an activating group) is 1. The number of hydrogen-bond acceptors (Lipinski definition) is 8. The highest BCUT2D eigenvalue weighted by atomic mass is 35.5. The van der Waals surface area contributed by atoms with Gasteiger partial charge in [-0.3, -0.25) is 14.5 Å². The minimum atomic E-state index is -1.24. The lowest BCUT2D eigenvalue weighted by atomic mass is 9.82. The van der Waals surface area contributed by atoms with Crippen molar-refractivity contribution >= 4 is 34.6 Å². The average Bonchev–Trinajstić information content (AvgIpc) is 2.81. The number of nitrogens with zero attached hydrogens (tertiary/aromatic N) is 2. The highest BCUT2D eigenvalue weighted by Gasteiger charge is 2.41. The molecule has 1 aliphatic heterocycles. The van der Waals surface area contributed by atoms with Gasteiger partial charge in [-0.15, -0.1) is 0 Å². The molecule has 1 saturated heterocycles. The number of likely N-dealkylation sites (tertiary alicyclic amines) is 1. The van der Waals surface area contributed by atoms with Crippen molar-refractivity contribution in [1.82, 2.24) is 9.80 Å². The van der Waals surface area contributed by atoms with Crippen molar-refractivity contribution in [2.75, 3.05) is 26.7 Å². The molecule has 2 aromatic carbocycles. The highest BCUT2D eigenvalue weighted by molar-refractivity contribution is 6.33. The summed E-state index contributed by atoms with van der Waals surface area (Å²) in [5.41, 5.74) is -0.870. The fourth-order valence-corrected chi connectivity index (χ4v) is 5.23. The van der Waals surface area contributed by atoms with Gasteiger partial charge in [0.25, 0.3) is 0 Å². The van der Waals surface area contributed by atoms with E-state index in [9.17, 15) is 29.7 Å². The van der Waals surface area contributed by atoms with Gasteiger partial charge in [-0.1, -0.05) is 23.7 Å². The molecule has 3 aromatic rings. The van der Waals surface area contributed by atoms with Gasteiger partial charge in [0.1, 0.15) is 40.4 Å². The first kappa shape index (κ1) is 28.3. The number of carbonyl (C=O) groups excluding carboxylic acids is 1. The van der Waals surface area contributed by atoms with Crippen molar-refractivity contribution in [2.45, 2.75) is 44.8 Å². The van der Waals surface area contributed by atoms with E-state index in [0.29, 0.717) is 23.6 Å². The lowest BCUT2D eigenvalue weighted by Crippen LogP contribution is -2.55. The quantitative estimate of drug-likeness (QED) is 0.408. The zero-order chi connectivity index (χ0) is 28.6. The van der Waals surface area contributed by atoms with E-state index in [4.69, 9.17) is 20.8 Å². The van der Waals surface area contributed by atoms with E-state index >= 15 is 0 Å². The molecule has 2 heterocycles. The predicted octanol–water partition coefficient (Wildman–Crippen LogP) is 4.63. The second kappa shape index (κ2) is 10.8. The Bertz CT molecular complexity index is 1480. The third kappa shape index (κ3) is 5.97. The number of carboxylic acid groups (broad SMARTS) is 1. The third-order valence-corrected chi connectivity index (χ3v) is 6.96. The van der Waals surface area contributed by atoms with Crippen molar-refractivity contribution in [1.29, 1.82) is 0 Å². The van der Waals surface area contributed by atoms with Crippen LogP contribution in [0, 0.1) is 0 Å². The van der Waals surface area contributed by atoms with Crippen molar-refractivity contribution in [3.8, 4) is 22.8 Å². The van der Waals surface area contributed by atoms with Gasteiger partial charge in [-0.25, -0.2) is 4.79 Å². The Labute approximate surface area is 230 Å². The normalized spacial score (nSPS) is 18.2. The number of hydrogen-bond donors (Lipinski definition) is 3. The van der Waals surface area contributed by atoms with Crippen LogP contribution in [0.25, 0.3) is 22.3 Å². The summed E-state index contributed by atoms with van der Waals surface area (Å²) in [7, 11) is 1.83. The first-order valence-electron chi connectivity index (χ1n) is 12.4. The van der Waals surface area contributed by atoms with Crippen LogP contribution in [0.2, 0.25) is 5.02 Å². The Balaban J connectivity index is 1.94. The van der Waals surface area contributed by atoms with Crippen molar-refractivity contribution in [2.24, 2.45) is 0 Å². The summed E-state index contributed by atoms with van der Waals surface area (Å²) in [6.07, 6.45) is -0.441. The molecule has 1 fully saturated rings. The average molecular weight is 559 g/mol. The van der Waals surface area contributed by atoms with Crippen LogP contribution in [0.4, 0.5) is 4.79 Å². The highest BCUT2D eigenvalue weighted by Crippen LogP contribution is 2.44. The van der Waals surface area contributed by atoms with Gasteiger partial charge in [-0.2, -0.15) is 0 Å². The number of piperidine rings is 1. The van der Waals surface area contributed by atoms with Gasteiger partial charge in [0.2, 0.25) is 0 Å². The molecule has 0 spiro atoms. The van der Waals surface area contributed by atoms with Crippen LogP contribution in [0.5, 0.6) is 11.5 Å². The molecule has 2 atom stereocenters. The number of phenols is 2. The summed E-state index contributed by atoms with van der Waals surface area (Å²) < 4.78 is 11.7. The third-order valence-electron chi connectivity index (χ3n) is 6.63. The largest absolute Gasteiger partial charge is 0.507 e. The number of amides is 1. The fourth-order valence-electron chi connectivity index (χ4n) is 5.00. The van der Waals surface area contributed by atoms with Gasteiger partial charge < -0.3 is 29.4 Å². The van der Waals surface area contributed by atoms with Crippen LogP contribution in [-0.4, -0.2) is 75.5 Å². The zero-order valence-electron chi connectivity index (χ0n) is 22.1. The van der Waals surface area contributed by atoms with E-state index in [0.717, 1.165) is 11.0 Å². The molecular weight excluding hydrogens is 528 g/mol. The molecule has 11 heteroatoms. The molecule has 2 unspecified atom stereocenters. The summed E-state index contributed by atoms with van der Waals surface area (Å²) >= 11 is 6.35. The van der Waals surface area contributed by atoms with Crippen LogP contribution in [-0.2, 0) is 9.53 Å². The Morgan fingerprint density at radius 3 is 2.51 bits per heavy atom. The molecule has 39 heavy (non-hydrogen) atoms. The molecule has 208 valence electrons. The van der Waals surface area contributed by atoms with E-state index < -0.39 is 47.3 Å². The van der Waals surface area contributed by atoms with Gasteiger partial charge in [0, 0.05) is 35.7 Å². The van der Waals surface area contributed by atoms with Crippen LogP contribution in [0.3, 0.4) is 0 Å². The lowest BCUT2D eigenvalue weighted by Gasteiger charge is -2.43. The summed E-state index contributed by atoms with van der Waals surface area (Å²) in [5, 5.41) is 31.6. The van der Waals surface area contributed by atoms with Crippen molar-refractivity contribution < 1.29 is 34.1 Å². The Hall–Kier alpha value is -3.76. The number of benzene rings is 2. The van der Waals surface area contributed by atoms with E-state index in [-0.39, 0.29) is 34.6 Å². The number of halogens is 1. The molecule has 0 saturated carbocycles. The first-order valence-corrected chi connectivity index (χ1v) is 12.8. The molecule has 0 bridgehead atoms. The number of carbonyl (C=O) groups is 2. The van der Waals surface area contributed by atoms with Gasteiger partial charge in [-0.05, 0) is 52.9 Å². The monoisotopic (exact) mass is 558 g/mol. The van der Waals surface area contributed by atoms with E-state index in [2.05, 4.69) is 0 Å². The Kier molecular flexibility index (Phi) is 7.81. The molecule has 1 aliphatic rings. The number of aromatic hydroxyl groups is 2. The van der Waals surface area contributed by atoms with Crippen LogP contribution in [0.15, 0.2) is 45.6 Å². The number of phenolic OH excluding ortho intramolecular Hbond substituents is 2. The van der Waals surface area contributed by atoms with Crippen LogP contribution in [0.1, 0.15) is 38.7 Å². The number of rotatable bonds is 5. The molecule has 10 nitrogen and oxygen atoms in total. The van der Waals surface area contributed by atoms with Gasteiger partial charge in [0.05, 0.1) is 11.1 Å². The maximum atomic E-state index is 13.2. The molecular formula is C28H31ClN2O8. The molecule has 3 N–H and O–H groups in total. The molecule has 0 aliphatic carbocycles. The zero-order valence-corrected chi connectivity index (χ0v) is 22.9. The SMILES string of the molecule is CN1CCC(c2c(O)cc(O)c3c(=O)cc(-c4ccccc4Cl)oc23)C(N(CC(=O)O)C(=O)OC(C)(C)C)C1. The van der Waals surface area contributed by atoms with Crippen LogP contribution < -0.4 is 5.43 Å². The maximum Gasteiger partial charge on any atom is 0.411 e. The number of fused-ring (bicyclic) bond motifs is 1. The van der Waals surface area contributed by atoms with Gasteiger partial charge >= 0.3 is 12.1 Å². The van der Waals surface area contributed by atoms with Crippen molar-refractivity contribution in [3.05, 3.63) is 57.2 Å². The Morgan fingerprint density at radius 1 is 1.18 bits per heavy atom. The summed E-state index contributed by atoms with van der Waals surface area (Å²) in [4.78, 5) is 41.4. The first-order chi connectivity index (χ1) is 18.3. The minimum Gasteiger partial charge on any atom is -0.507 e. The number of carboxylic acids is 1. The number of aliphatic carboxylic acids is 1. The van der Waals surface area contributed by atoms with E-state index in [1.807, 2.05) is 11.9 Å². The lowest BCUT2D eigenvalue weighted by molar-refractivity contribution is -0.139. The Morgan fingerprint density at radius 2 is 1.87 bits per heavy atom. The van der Waals surface area contributed by atoms with E-state index in [1.54, 1.807) is 45.0 Å².